The molecule has 0 radical (unpaired) electrons. The SMILES string of the molecule is COc1ccc(C(=O)Cc2ccc(Cl)c(Cl)c2)cc1NC(=O)C(C)(C)C. The highest BCUT2D eigenvalue weighted by atomic mass is 35.5. The van der Waals surface area contributed by atoms with Crippen molar-refractivity contribution in [3.63, 3.8) is 0 Å². The first kappa shape index (κ1) is 20.3. The number of methoxy groups -OCH3 is 1. The van der Waals surface area contributed by atoms with E-state index in [0.29, 0.717) is 27.0 Å². The Balaban J connectivity index is 2.26. The smallest absolute Gasteiger partial charge is 0.229 e. The molecular formula is C20H21Cl2NO3. The second-order valence-electron chi connectivity index (χ2n) is 6.97. The lowest BCUT2D eigenvalue weighted by Gasteiger charge is -2.19. The lowest BCUT2D eigenvalue weighted by Crippen LogP contribution is -2.27. The van der Waals surface area contributed by atoms with E-state index in [4.69, 9.17) is 27.9 Å². The van der Waals surface area contributed by atoms with Crippen molar-refractivity contribution in [3.8, 4) is 5.75 Å². The van der Waals surface area contributed by atoms with E-state index in [1.807, 2.05) is 20.8 Å². The van der Waals surface area contributed by atoms with Crippen molar-refractivity contribution < 1.29 is 14.3 Å². The molecule has 1 amide bonds. The lowest BCUT2D eigenvalue weighted by molar-refractivity contribution is -0.123. The fourth-order valence-electron chi connectivity index (χ4n) is 2.23. The molecule has 26 heavy (non-hydrogen) atoms. The van der Waals surface area contributed by atoms with Crippen LogP contribution in [0.3, 0.4) is 0 Å². The number of ketones is 1. The Kier molecular flexibility index (Phi) is 6.32. The van der Waals surface area contributed by atoms with Crippen molar-refractivity contribution >= 4 is 40.6 Å². The minimum absolute atomic E-state index is 0.0997. The fourth-order valence-corrected chi connectivity index (χ4v) is 2.55. The van der Waals surface area contributed by atoms with Gasteiger partial charge >= 0.3 is 0 Å². The normalized spacial score (nSPS) is 11.2. The highest BCUT2D eigenvalue weighted by Crippen LogP contribution is 2.29. The monoisotopic (exact) mass is 393 g/mol. The summed E-state index contributed by atoms with van der Waals surface area (Å²) in [5.41, 5.74) is 1.14. The van der Waals surface area contributed by atoms with Gasteiger partial charge in [-0.15, -0.1) is 0 Å². The first-order valence-electron chi connectivity index (χ1n) is 8.08. The number of hydrogen-bond donors (Lipinski definition) is 1. The van der Waals surface area contributed by atoms with Gasteiger partial charge in [0.25, 0.3) is 0 Å². The van der Waals surface area contributed by atoms with Crippen molar-refractivity contribution in [1.82, 2.24) is 0 Å². The fraction of sp³-hybridized carbons (Fsp3) is 0.300. The molecule has 6 heteroatoms. The summed E-state index contributed by atoms with van der Waals surface area (Å²) in [6.07, 6.45) is 0.176. The molecule has 0 bridgehead atoms. The minimum atomic E-state index is -0.564. The third kappa shape index (κ3) is 4.99. The van der Waals surface area contributed by atoms with Crippen LogP contribution in [0.2, 0.25) is 10.0 Å². The summed E-state index contributed by atoms with van der Waals surface area (Å²) in [4.78, 5) is 24.9. The molecule has 0 aromatic heterocycles. The predicted molar refractivity (Wildman–Crippen MR) is 106 cm³/mol. The molecule has 0 fully saturated rings. The van der Waals surface area contributed by atoms with Gasteiger partial charge in [-0.2, -0.15) is 0 Å². The third-order valence-electron chi connectivity index (χ3n) is 3.80. The summed E-state index contributed by atoms with van der Waals surface area (Å²) >= 11 is 11.9. The molecular weight excluding hydrogens is 373 g/mol. The molecule has 138 valence electrons. The van der Waals surface area contributed by atoms with E-state index in [1.54, 1.807) is 36.4 Å². The van der Waals surface area contributed by atoms with Gasteiger partial charge in [-0.05, 0) is 35.9 Å². The molecule has 0 unspecified atom stereocenters. The van der Waals surface area contributed by atoms with Crippen LogP contribution in [0.1, 0.15) is 36.7 Å². The Morgan fingerprint density at radius 2 is 1.73 bits per heavy atom. The summed E-state index contributed by atoms with van der Waals surface area (Å²) in [5, 5.41) is 3.67. The van der Waals surface area contributed by atoms with Crippen molar-refractivity contribution in [2.45, 2.75) is 27.2 Å². The number of Topliss-reactive ketones (excluding diaryl/α,β-unsaturated/α-hetero) is 1. The Morgan fingerprint density at radius 3 is 2.31 bits per heavy atom. The zero-order chi connectivity index (χ0) is 19.5. The first-order chi connectivity index (χ1) is 12.1. The number of hydrogen-bond acceptors (Lipinski definition) is 3. The van der Waals surface area contributed by atoms with Gasteiger partial charge in [0.1, 0.15) is 5.75 Å². The maximum atomic E-state index is 12.6. The van der Waals surface area contributed by atoms with E-state index in [-0.39, 0.29) is 18.1 Å². The molecule has 4 nitrogen and oxygen atoms in total. The number of rotatable bonds is 5. The van der Waals surface area contributed by atoms with E-state index < -0.39 is 5.41 Å². The number of ether oxygens (including phenoxy) is 1. The van der Waals surface area contributed by atoms with E-state index >= 15 is 0 Å². The molecule has 0 atom stereocenters. The molecule has 0 aliphatic heterocycles. The van der Waals surface area contributed by atoms with Crippen LogP contribution in [0.4, 0.5) is 5.69 Å². The average molecular weight is 394 g/mol. The van der Waals surface area contributed by atoms with Gasteiger partial charge in [0, 0.05) is 17.4 Å². The van der Waals surface area contributed by atoms with Crippen LogP contribution in [-0.4, -0.2) is 18.8 Å². The second-order valence-corrected chi connectivity index (χ2v) is 7.78. The number of carbonyl (C=O) groups excluding carboxylic acids is 2. The van der Waals surface area contributed by atoms with Gasteiger partial charge in [-0.1, -0.05) is 50.0 Å². The lowest BCUT2D eigenvalue weighted by atomic mass is 9.95. The van der Waals surface area contributed by atoms with E-state index in [0.717, 1.165) is 5.56 Å². The Hall–Kier alpha value is -2.04. The number of halogens is 2. The summed E-state index contributed by atoms with van der Waals surface area (Å²) in [6, 6.07) is 10.1. The van der Waals surface area contributed by atoms with Gasteiger partial charge < -0.3 is 10.1 Å². The van der Waals surface area contributed by atoms with Crippen LogP contribution < -0.4 is 10.1 Å². The van der Waals surface area contributed by atoms with Gasteiger partial charge in [0.15, 0.2) is 5.78 Å². The minimum Gasteiger partial charge on any atom is -0.495 e. The van der Waals surface area contributed by atoms with Crippen LogP contribution in [0.15, 0.2) is 36.4 Å². The van der Waals surface area contributed by atoms with Gasteiger partial charge in [-0.25, -0.2) is 0 Å². The maximum absolute atomic E-state index is 12.6. The van der Waals surface area contributed by atoms with E-state index in [2.05, 4.69) is 5.32 Å². The maximum Gasteiger partial charge on any atom is 0.229 e. The number of benzene rings is 2. The van der Waals surface area contributed by atoms with Crippen molar-refractivity contribution in [2.24, 2.45) is 5.41 Å². The summed E-state index contributed by atoms with van der Waals surface area (Å²) in [7, 11) is 1.51. The third-order valence-corrected chi connectivity index (χ3v) is 4.54. The van der Waals surface area contributed by atoms with Crippen LogP contribution in [0.5, 0.6) is 5.75 Å². The zero-order valence-electron chi connectivity index (χ0n) is 15.2. The summed E-state index contributed by atoms with van der Waals surface area (Å²) < 4.78 is 5.28. The number of carbonyl (C=O) groups is 2. The number of amides is 1. The highest BCUT2D eigenvalue weighted by Gasteiger charge is 2.23. The van der Waals surface area contributed by atoms with E-state index in [1.165, 1.54) is 7.11 Å². The standard InChI is InChI=1S/C20H21Cl2NO3/c1-20(2,3)19(25)23-16-11-13(6-8-18(16)26-4)17(24)10-12-5-7-14(21)15(22)9-12/h5-9,11H,10H2,1-4H3,(H,23,25). The van der Waals surface area contributed by atoms with E-state index in [9.17, 15) is 9.59 Å². The summed E-state index contributed by atoms with van der Waals surface area (Å²) in [6.45, 7) is 5.44. The molecule has 2 rings (SSSR count). The van der Waals surface area contributed by atoms with Gasteiger partial charge in [-0.3, -0.25) is 9.59 Å². The Bertz CT molecular complexity index is 841. The second kappa shape index (κ2) is 8.11. The van der Waals surface area contributed by atoms with Gasteiger partial charge in [0.05, 0.1) is 22.8 Å². The Labute approximate surface area is 163 Å². The van der Waals surface area contributed by atoms with Crippen molar-refractivity contribution in [3.05, 3.63) is 57.6 Å². The Morgan fingerprint density at radius 1 is 1.04 bits per heavy atom. The molecule has 2 aromatic rings. The largest absolute Gasteiger partial charge is 0.495 e. The van der Waals surface area contributed by atoms with Crippen LogP contribution in [0.25, 0.3) is 0 Å². The molecule has 0 heterocycles. The van der Waals surface area contributed by atoms with Crippen LogP contribution >= 0.6 is 23.2 Å². The molecule has 1 N–H and O–H groups in total. The molecule has 2 aromatic carbocycles. The number of anilines is 1. The number of nitrogens with one attached hydrogen (secondary N) is 1. The predicted octanol–water partition coefficient (Wildman–Crippen LogP) is 5.41. The van der Waals surface area contributed by atoms with Crippen LogP contribution in [0, 0.1) is 5.41 Å². The van der Waals surface area contributed by atoms with Crippen LogP contribution in [-0.2, 0) is 11.2 Å². The van der Waals surface area contributed by atoms with Crippen molar-refractivity contribution in [2.75, 3.05) is 12.4 Å². The topological polar surface area (TPSA) is 55.4 Å². The van der Waals surface area contributed by atoms with Gasteiger partial charge in [0.2, 0.25) is 5.91 Å². The molecule has 0 aliphatic rings. The molecule has 0 saturated heterocycles. The average Bonchev–Trinajstić information content (AvgIpc) is 2.57. The quantitative estimate of drug-likeness (QED) is 0.690. The van der Waals surface area contributed by atoms with Crippen molar-refractivity contribution in [1.29, 1.82) is 0 Å². The zero-order valence-corrected chi connectivity index (χ0v) is 16.7. The molecule has 0 aliphatic carbocycles. The summed E-state index contributed by atoms with van der Waals surface area (Å²) in [5.74, 6) is 0.232. The molecule has 0 saturated carbocycles. The highest BCUT2D eigenvalue weighted by molar-refractivity contribution is 6.42. The first-order valence-corrected chi connectivity index (χ1v) is 8.84. The molecule has 0 spiro atoms.